The third-order valence-corrected chi connectivity index (χ3v) is 6.04. The number of benzene rings is 2. The minimum Gasteiger partial charge on any atom is -0.497 e. The van der Waals surface area contributed by atoms with Crippen LogP contribution in [0.25, 0.3) is 11.0 Å². The second-order valence-electron chi connectivity index (χ2n) is 8.09. The van der Waals surface area contributed by atoms with Crippen molar-refractivity contribution in [2.75, 3.05) is 18.6 Å². The maximum absolute atomic E-state index is 13.1. The zero-order valence-corrected chi connectivity index (χ0v) is 18.7. The fourth-order valence-electron chi connectivity index (χ4n) is 3.98. The quantitative estimate of drug-likeness (QED) is 0.596. The number of carbonyl (C=O) groups excluding carboxylic acids is 2. The molecule has 0 spiro atoms. The van der Waals surface area contributed by atoms with Crippen molar-refractivity contribution in [1.29, 1.82) is 0 Å². The number of urea groups is 1. The highest BCUT2D eigenvalue weighted by atomic mass is 16.5. The summed E-state index contributed by atoms with van der Waals surface area (Å²) in [5.74, 6) is 1.12. The SMILES string of the molecule is CCC(C)[C@H](NC(=O)N1CCn2c1nc1ccccc12)C(=O)NCc1cccc(OC)c1. The molecule has 0 bridgehead atoms. The topological polar surface area (TPSA) is 88.5 Å². The van der Waals surface area contributed by atoms with Crippen LogP contribution in [0.1, 0.15) is 25.8 Å². The zero-order chi connectivity index (χ0) is 22.7. The molecule has 2 heterocycles. The molecule has 1 aliphatic heterocycles. The van der Waals surface area contributed by atoms with Crippen molar-refractivity contribution >= 4 is 28.9 Å². The van der Waals surface area contributed by atoms with Gasteiger partial charge in [-0.25, -0.2) is 9.78 Å². The first-order valence-electron chi connectivity index (χ1n) is 11.0. The zero-order valence-electron chi connectivity index (χ0n) is 18.7. The summed E-state index contributed by atoms with van der Waals surface area (Å²) in [4.78, 5) is 32.4. The first-order valence-corrected chi connectivity index (χ1v) is 11.0. The maximum Gasteiger partial charge on any atom is 0.324 e. The van der Waals surface area contributed by atoms with Crippen LogP contribution in [-0.2, 0) is 17.9 Å². The molecule has 2 atom stereocenters. The molecule has 0 aliphatic carbocycles. The molecule has 3 amide bonds. The van der Waals surface area contributed by atoms with Gasteiger partial charge in [0.15, 0.2) is 0 Å². The van der Waals surface area contributed by atoms with Crippen LogP contribution in [0.5, 0.6) is 5.75 Å². The molecule has 8 heteroatoms. The Morgan fingerprint density at radius 3 is 2.75 bits per heavy atom. The lowest BCUT2D eigenvalue weighted by Crippen LogP contribution is -2.53. The van der Waals surface area contributed by atoms with E-state index >= 15 is 0 Å². The number of rotatable bonds is 7. The van der Waals surface area contributed by atoms with Crippen molar-refractivity contribution in [3.05, 3.63) is 54.1 Å². The van der Waals surface area contributed by atoms with Crippen molar-refractivity contribution < 1.29 is 14.3 Å². The number of amides is 3. The summed E-state index contributed by atoms with van der Waals surface area (Å²) in [5, 5.41) is 5.90. The average molecular weight is 436 g/mol. The van der Waals surface area contributed by atoms with Crippen LogP contribution in [0.3, 0.4) is 0 Å². The number of methoxy groups -OCH3 is 1. The van der Waals surface area contributed by atoms with E-state index in [2.05, 4.69) is 15.6 Å². The molecular weight excluding hydrogens is 406 g/mol. The Balaban J connectivity index is 1.46. The van der Waals surface area contributed by atoms with Crippen LogP contribution in [0, 0.1) is 5.92 Å². The second kappa shape index (κ2) is 9.30. The molecule has 2 N–H and O–H groups in total. The van der Waals surface area contributed by atoms with E-state index < -0.39 is 6.04 Å². The fourth-order valence-corrected chi connectivity index (χ4v) is 3.98. The second-order valence-corrected chi connectivity index (χ2v) is 8.09. The molecule has 32 heavy (non-hydrogen) atoms. The Bertz CT molecular complexity index is 1130. The molecule has 0 radical (unpaired) electrons. The first kappa shape index (κ1) is 21.7. The van der Waals surface area contributed by atoms with E-state index in [9.17, 15) is 9.59 Å². The fraction of sp³-hybridized carbons (Fsp3) is 0.375. The van der Waals surface area contributed by atoms with E-state index in [0.717, 1.165) is 28.8 Å². The molecule has 1 aliphatic rings. The predicted octanol–water partition coefficient (Wildman–Crippen LogP) is 3.31. The maximum atomic E-state index is 13.1. The Morgan fingerprint density at radius 2 is 1.97 bits per heavy atom. The van der Waals surface area contributed by atoms with E-state index in [1.54, 1.807) is 12.0 Å². The van der Waals surface area contributed by atoms with E-state index in [1.807, 2.05) is 66.9 Å². The van der Waals surface area contributed by atoms with Crippen LogP contribution in [0.2, 0.25) is 0 Å². The molecular formula is C24H29N5O3. The van der Waals surface area contributed by atoms with Crippen molar-refractivity contribution in [2.45, 2.75) is 39.4 Å². The highest BCUT2D eigenvalue weighted by Crippen LogP contribution is 2.27. The molecule has 8 nitrogen and oxygen atoms in total. The minimum absolute atomic E-state index is 0.0225. The lowest BCUT2D eigenvalue weighted by molar-refractivity contribution is -0.124. The summed E-state index contributed by atoms with van der Waals surface area (Å²) in [6.45, 7) is 5.54. The molecule has 168 valence electrons. The number of carbonyl (C=O) groups is 2. The number of anilines is 1. The monoisotopic (exact) mass is 435 g/mol. The lowest BCUT2D eigenvalue weighted by atomic mass is 9.98. The van der Waals surface area contributed by atoms with Crippen LogP contribution < -0.4 is 20.3 Å². The van der Waals surface area contributed by atoms with Gasteiger partial charge in [0.1, 0.15) is 11.8 Å². The number of nitrogens with one attached hydrogen (secondary N) is 2. The summed E-state index contributed by atoms with van der Waals surface area (Å²) in [6, 6.07) is 14.4. The lowest BCUT2D eigenvalue weighted by Gasteiger charge is -2.26. The van der Waals surface area contributed by atoms with Gasteiger partial charge in [-0.1, -0.05) is 44.5 Å². The number of hydrogen-bond donors (Lipinski definition) is 2. The average Bonchev–Trinajstić information content (AvgIpc) is 3.40. The summed E-state index contributed by atoms with van der Waals surface area (Å²) >= 11 is 0. The van der Waals surface area contributed by atoms with E-state index in [0.29, 0.717) is 25.6 Å². The number of nitrogens with zero attached hydrogens (tertiary/aromatic N) is 3. The summed E-state index contributed by atoms with van der Waals surface area (Å²) in [5.41, 5.74) is 2.79. The first-order chi connectivity index (χ1) is 15.5. The molecule has 1 aromatic heterocycles. The molecule has 4 rings (SSSR count). The number of fused-ring (bicyclic) bond motifs is 3. The predicted molar refractivity (Wildman–Crippen MR) is 124 cm³/mol. The third kappa shape index (κ3) is 4.26. The Kier molecular flexibility index (Phi) is 6.30. The smallest absolute Gasteiger partial charge is 0.324 e. The van der Waals surface area contributed by atoms with Gasteiger partial charge in [-0.2, -0.15) is 0 Å². The van der Waals surface area contributed by atoms with Crippen LogP contribution in [0.4, 0.5) is 10.7 Å². The van der Waals surface area contributed by atoms with E-state index in [1.165, 1.54) is 0 Å². The number of para-hydroxylation sites is 2. The Hall–Kier alpha value is -3.55. The minimum atomic E-state index is -0.642. The molecule has 2 aromatic carbocycles. The molecule has 0 fully saturated rings. The summed E-state index contributed by atoms with van der Waals surface area (Å²) < 4.78 is 7.28. The standard InChI is InChI=1S/C24H29N5O3/c1-4-16(2)21(22(30)25-15-17-8-7-9-18(14-17)32-3)27-24(31)29-13-12-28-20-11-6-5-10-19(20)26-23(28)29/h5-11,14,16,21H,4,12-13,15H2,1-3H3,(H,25,30)(H,27,31)/t16?,21-/m0/s1. The van der Waals surface area contributed by atoms with Gasteiger partial charge in [0.05, 0.1) is 18.1 Å². The number of aromatic nitrogens is 2. The van der Waals surface area contributed by atoms with Gasteiger partial charge in [-0.05, 0) is 35.7 Å². The van der Waals surface area contributed by atoms with E-state index in [4.69, 9.17) is 4.74 Å². The van der Waals surface area contributed by atoms with Crippen molar-refractivity contribution in [3.8, 4) is 5.75 Å². The summed E-state index contributed by atoms with van der Waals surface area (Å²) in [7, 11) is 1.61. The van der Waals surface area contributed by atoms with Crippen molar-refractivity contribution in [2.24, 2.45) is 5.92 Å². The van der Waals surface area contributed by atoms with Crippen LogP contribution in [0.15, 0.2) is 48.5 Å². The summed E-state index contributed by atoms with van der Waals surface area (Å²) in [6.07, 6.45) is 0.760. The molecule has 0 saturated heterocycles. The Morgan fingerprint density at radius 1 is 1.16 bits per heavy atom. The van der Waals surface area contributed by atoms with Gasteiger partial charge in [0, 0.05) is 19.6 Å². The van der Waals surface area contributed by atoms with Gasteiger partial charge in [-0.3, -0.25) is 9.69 Å². The van der Waals surface area contributed by atoms with Gasteiger partial charge in [-0.15, -0.1) is 0 Å². The highest BCUT2D eigenvalue weighted by Gasteiger charge is 2.32. The van der Waals surface area contributed by atoms with Gasteiger partial charge in [0.2, 0.25) is 11.9 Å². The van der Waals surface area contributed by atoms with E-state index in [-0.39, 0.29) is 17.9 Å². The highest BCUT2D eigenvalue weighted by molar-refractivity contribution is 5.96. The van der Waals surface area contributed by atoms with Gasteiger partial charge < -0.3 is 19.9 Å². The number of ether oxygens (including phenoxy) is 1. The van der Waals surface area contributed by atoms with Crippen molar-refractivity contribution in [1.82, 2.24) is 20.2 Å². The normalized spacial score (nSPS) is 14.7. The van der Waals surface area contributed by atoms with Crippen LogP contribution in [-0.4, -0.2) is 41.2 Å². The largest absolute Gasteiger partial charge is 0.497 e. The van der Waals surface area contributed by atoms with Gasteiger partial charge >= 0.3 is 6.03 Å². The molecule has 1 unspecified atom stereocenters. The van der Waals surface area contributed by atoms with Gasteiger partial charge in [0.25, 0.3) is 0 Å². The number of hydrogen-bond acceptors (Lipinski definition) is 4. The third-order valence-electron chi connectivity index (χ3n) is 6.04. The molecule has 3 aromatic rings. The van der Waals surface area contributed by atoms with Crippen molar-refractivity contribution in [3.63, 3.8) is 0 Å². The Labute approximate surface area is 187 Å². The molecule has 0 saturated carbocycles. The number of imidazole rings is 1. The van der Waals surface area contributed by atoms with Crippen LogP contribution >= 0.6 is 0 Å².